The molecule has 6 heteroatoms. The molecule has 1 aromatic heterocycles. The maximum atomic E-state index is 12.7. The van der Waals surface area contributed by atoms with Gasteiger partial charge in [-0.1, -0.05) is 74.5 Å². The van der Waals surface area contributed by atoms with Crippen molar-refractivity contribution in [2.75, 3.05) is 45.8 Å². The molecule has 0 bridgehead atoms. The first kappa shape index (κ1) is 28.1. The van der Waals surface area contributed by atoms with E-state index in [4.69, 9.17) is 4.42 Å². The Bertz CT molecular complexity index is 1050. The number of rotatable bonds is 13. The Labute approximate surface area is 228 Å². The zero-order chi connectivity index (χ0) is 26.7. The van der Waals surface area contributed by atoms with E-state index >= 15 is 0 Å². The molecule has 1 amide bonds. The Kier molecular flexibility index (Phi) is 10.6. The van der Waals surface area contributed by atoms with E-state index < -0.39 is 0 Å². The van der Waals surface area contributed by atoms with E-state index in [0.29, 0.717) is 5.76 Å². The van der Waals surface area contributed by atoms with Crippen molar-refractivity contribution in [3.63, 3.8) is 0 Å². The molecule has 1 aliphatic heterocycles. The van der Waals surface area contributed by atoms with Crippen LogP contribution in [0, 0.1) is 0 Å². The van der Waals surface area contributed by atoms with E-state index in [0.717, 1.165) is 71.0 Å². The molecule has 1 fully saturated rings. The number of nitrogens with zero attached hydrogens (tertiary/aromatic N) is 3. The first-order chi connectivity index (χ1) is 18.6. The lowest BCUT2D eigenvalue weighted by Gasteiger charge is -2.39. The molecule has 4 rings (SSSR count). The first-order valence-electron chi connectivity index (χ1n) is 14.3. The zero-order valence-corrected chi connectivity index (χ0v) is 23.3. The summed E-state index contributed by atoms with van der Waals surface area (Å²) in [6.45, 7) is 14.3. The molecule has 1 N–H and O–H groups in total. The van der Waals surface area contributed by atoms with E-state index in [2.05, 4.69) is 101 Å². The molecule has 0 aliphatic carbocycles. The minimum Gasteiger partial charge on any atom is -0.455 e. The Morgan fingerprint density at radius 2 is 1.50 bits per heavy atom. The van der Waals surface area contributed by atoms with Crippen LogP contribution in [0.2, 0.25) is 0 Å². The molecular weight excluding hydrogens is 472 g/mol. The number of carbonyl (C=O) groups excluding carboxylic acids is 1. The Balaban J connectivity index is 1.27. The fourth-order valence-electron chi connectivity index (χ4n) is 5.40. The lowest BCUT2D eigenvalue weighted by Crippen LogP contribution is -2.47. The van der Waals surface area contributed by atoms with Gasteiger partial charge in [-0.15, -0.1) is 0 Å². The molecule has 204 valence electrons. The van der Waals surface area contributed by atoms with Crippen molar-refractivity contribution in [3.05, 3.63) is 95.4 Å². The standard InChI is InChI=1S/C32H44N4O2/c1-4-34(5-2)20-12-13-26(3)33-32(37)30-19-18-29(38-30)25-35-21-23-36(24-22-35)31(27-14-8-6-9-15-27)28-16-10-7-11-17-28/h6-11,14-19,26,31H,4-5,12-13,20-25H2,1-3H3,(H,33,37). The third-order valence-electron chi connectivity index (χ3n) is 7.65. The third-order valence-corrected chi connectivity index (χ3v) is 7.65. The monoisotopic (exact) mass is 516 g/mol. The van der Waals surface area contributed by atoms with Crippen LogP contribution >= 0.6 is 0 Å². The quantitative estimate of drug-likeness (QED) is 0.328. The van der Waals surface area contributed by atoms with Gasteiger partial charge < -0.3 is 14.6 Å². The van der Waals surface area contributed by atoms with Gasteiger partial charge in [-0.05, 0) is 62.7 Å². The second-order valence-electron chi connectivity index (χ2n) is 10.3. The van der Waals surface area contributed by atoms with E-state index in [1.807, 2.05) is 12.1 Å². The number of amides is 1. The number of nitrogens with one attached hydrogen (secondary N) is 1. The van der Waals surface area contributed by atoms with Gasteiger partial charge in [0, 0.05) is 32.2 Å². The molecule has 3 aromatic rings. The molecule has 6 nitrogen and oxygen atoms in total. The van der Waals surface area contributed by atoms with Gasteiger partial charge >= 0.3 is 0 Å². The van der Waals surface area contributed by atoms with Crippen molar-refractivity contribution in [1.82, 2.24) is 20.0 Å². The van der Waals surface area contributed by atoms with Crippen molar-refractivity contribution in [2.24, 2.45) is 0 Å². The lowest BCUT2D eigenvalue weighted by molar-refractivity contribution is 0.0889. The fraction of sp³-hybridized carbons (Fsp3) is 0.469. The Morgan fingerprint density at radius 1 is 0.895 bits per heavy atom. The molecule has 1 unspecified atom stereocenters. The molecule has 2 aromatic carbocycles. The van der Waals surface area contributed by atoms with E-state index in [1.54, 1.807) is 0 Å². The summed E-state index contributed by atoms with van der Waals surface area (Å²) in [7, 11) is 0. The minimum absolute atomic E-state index is 0.120. The zero-order valence-electron chi connectivity index (χ0n) is 23.3. The predicted molar refractivity (Wildman–Crippen MR) is 154 cm³/mol. The molecule has 1 atom stereocenters. The Hall–Kier alpha value is -2.93. The number of hydrogen-bond donors (Lipinski definition) is 1. The van der Waals surface area contributed by atoms with Crippen molar-refractivity contribution in [2.45, 2.75) is 52.2 Å². The summed E-state index contributed by atoms with van der Waals surface area (Å²) in [6, 6.07) is 25.7. The molecule has 1 aliphatic rings. The highest BCUT2D eigenvalue weighted by Gasteiger charge is 2.27. The predicted octanol–water partition coefficient (Wildman–Crippen LogP) is 5.43. The second kappa shape index (κ2) is 14.3. The number of furan rings is 1. The molecule has 0 radical (unpaired) electrons. The SMILES string of the molecule is CCN(CC)CCCC(C)NC(=O)c1ccc(CN2CCN(C(c3ccccc3)c3ccccc3)CC2)o1. The van der Waals surface area contributed by atoms with Crippen molar-refractivity contribution < 1.29 is 9.21 Å². The molecule has 38 heavy (non-hydrogen) atoms. The average Bonchev–Trinajstić information content (AvgIpc) is 3.42. The molecule has 1 saturated heterocycles. The molecule has 0 spiro atoms. The van der Waals surface area contributed by atoms with Crippen LogP contribution in [-0.4, -0.2) is 72.5 Å². The van der Waals surface area contributed by atoms with Crippen LogP contribution < -0.4 is 5.32 Å². The number of carbonyl (C=O) groups is 1. The van der Waals surface area contributed by atoms with Crippen LogP contribution in [0.4, 0.5) is 0 Å². The summed E-state index contributed by atoms with van der Waals surface area (Å²) in [5, 5.41) is 3.10. The summed E-state index contributed by atoms with van der Waals surface area (Å²) in [6.07, 6.45) is 2.04. The van der Waals surface area contributed by atoms with Gasteiger partial charge in [0.1, 0.15) is 5.76 Å². The van der Waals surface area contributed by atoms with Crippen LogP contribution in [0.1, 0.15) is 67.1 Å². The summed E-state index contributed by atoms with van der Waals surface area (Å²) in [5.41, 5.74) is 2.66. The van der Waals surface area contributed by atoms with Gasteiger partial charge in [-0.2, -0.15) is 0 Å². The highest BCUT2D eigenvalue weighted by Crippen LogP contribution is 2.29. The topological polar surface area (TPSA) is 52.0 Å². The van der Waals surface area contributed by atoms with Gasteiger partial charge in [-0.25, -0.2) is 0 Å². The van der Waals surface area contributed by atoms with Gasteiger partial charge in [0.25, 0.3) is 5.91 Å². The number of piperazine rings is 1. The van der Waals surface area contributed by atoms with Gasteiger partial charge in [-0.3, -0.25) is 14.6 Å². The largest absolute Gasteiger partial charge is 0.455 e. The number of benzene rings is 2. The van der Waals surface area contributed by atoms with E-state index in [9.17, 15) is 4.79 Å². The third kappa shape index (κ3) is 7.79. The average molecular weight is 517 g/mol. The van der Waals surface area contributed by atoms with Crippen LogP contribution in [0.5, 0.6) is 0 Å². The summed E-state index contributed by atoms with van der Waals surface area (Å²) >= 11 is 0. The highest BCUT2D eigenvalue weighted by atomic mass is 16.4. The summed E-state index contributed by atoms with van der Waals surface area (Å²) in [5.74, 6) is 1.13. The van der Waals surface area contributed by atoms with Gasteiger partial charge in [0.15, 0.2) is 5.76 Å². The van der Waals surface area contributed by atoms with Crippen molar-refractivity contribution >= 4 is 5.91 Å². The van der Waals surface area contributed by atoms with Gasteiger partial charge in [0.05, 0.1) is 12.6 Å². The van der Waals surface area contributed by atoms with Crippen molar-refractivity contribution in [1.29, 1.82) is 0 Å². The Morgan fingerprint density at radius 3 is 2.08 bits per heavy atom. The van der Waals surface area contributed by atoms with Gasteiger partial charge in [0.2, 0.25) is 0 Å². The minimum atomic E-state index is -0.120. The molecule has 0 saturated carbocycles. The fourth-order valence-corrected chi connectivity index (χ4v) is 5.40. The highest BCUT2D eigenvalue weighted by molar-refractivity contribution is 5.91. The van der Waals surface area contributed by atoms with Crippen LogP contribution in [0.25, 0.3) is 0 Å². The molecular formula is C32H44N4O2. The first-order valence-corrected chi connectivity index (χ1v) is 14.3. The number of hydrogen-bond acceptors (Lipinski definition) is 5. The van der Waals surface area contributed by atoms with Crippen molar-refractivity contribution in [3.8, 4) is 0 Å². The normalized spacial score (nSPS) is 15.7. The lowest BCUT2D eigenvalue weighted by atomic mass is 9.96. The van der Waals surface area contributed by atoms with E-state index in [-0.39, 0.29) is 18.0 Å². The van der Waals surface area contributed by atoms with Crippen LogP contribution in [-0.2, 0) is 6.54 Å². The van der Waals surface area contributed by atoms with Crippen LogP contribution in [0.15, 0.2) is 77.2 Å². The maximum Gasteiger partial charge on any atom is 0.287 e. The summed E-state index contributed by atoms with van der Waals surface area (Å²) < 4.78 is 5.96. The maximum absolute atomic E-state index is 12.7. The van der Waals surface area contributed by atoms with Crippen LogP contribution in [0.3, 0.4) is 0 Å². The second-order valence-corrected chi connectivity index (χ2v) is 10.3. The summed E-state index contributed by atoms with van der Waals surface area (Å²) in [4.78, 5) is 20.1. The smallest absolute Gasteiger partial charge is 0.287 e. The molecule has 2 heterocycles. The van der Waals surface area contributed by atoms with E-state index in [1.165, 1.54) is 11.1 Å².